The van der Waals surface area contributed by atoms with Gasteiger partial charge >= 0.3 is 0 Å². The van der Waals surface area contributed by atoms with Crippen molar-refractivity contribution in [3.63, 3.8) is 0 Å². The van der Waals surface area contributed by atoms with Crippen molar-refractivity contribution < 1.29 is 9.15 Å². The van der Waals surface area contributed by atoms with Gasteiger partial charge in [0.05, 0.1) is 6.10 Å². The summed E-state index contributed by atoms with van der Waals surface area (Å²) >= 11 is 0. The van der Waals surface area contributed by atoms with Gasteiger partial charge in [0.25, 0.3) is 0 Å². The van der Waals surface area contributed by atoms with E-state index in [1.54, 1.807) is 23.3 Å². The van der Waals surface area contributed by atoms with Crippen LogP contribution < -0.4 is 4.74 Å². The zero-order valence-corrected chi connectivity index (χ0v) is 13.2. The second kappa shape index (κ2) is 6.43. The number of rotatable bonds is 5. The van der Waals surface area contributed by atoms with E-state index in [1.807, 2.05) is 39.0 Å². The lowest BCUT2D eigenvalue weighted by Gasteiger charge is -2.11. The molecule has 0 saturated heterocycles. The molecular formula is C16H17N5O2. The highest BCUT2D eigenvalue weighted by Crippen LogP contribution is 2.24. The molecule has 0 amide bonds. The van der Waals surface area contributed by atoms with E-state index in [0.717, 1.165) is 16.9 Å². The summed E-state index contributed by atoms with van der Waals surface area (Å²) in [5.41, 5.74) is 2.00. The summed E-state index contributed by atoms with van der Waals surface area (Å²) in [7, 11) is 0. The van der Waals surface area contributed by atoms with Crippen molar-refractivity contribution in [1.82, 2.24) is 25.0 Å². The third-order valence-electron chi connectivity index (χ3n) is 2.94. The number of ether oxygens (including phenoxy) is 1. The van der Waals surface area contributed by atoms with Gasteiger partial charge in [0, 0.05) is 17.8 Å². The molecule has 0 radical (unpaired) electrons. The number of benzene rings is 1. The van der Waals surface area contributed by atoms with Gasteiger partial charge in [0.15, 0.2) is 5.82 Å². The molecule has 0 unspecified atom stereocenters. The maximum atomic E-state index is 5.76. The highest BCUT2D eigenvalue weighted by Gasteiger charge is 2.08. The molecule has 0 N–H and O–H groups in total. The summed E-state index contributed by atoms with van der Waals surface area (Å²) in [6.07, 6.45) is 6.37. The number of hydrogen-bond acceptors (Lipinski definition) is 6. The molecule has 2 aromatic heterocycles. The first-order valence-corrected chi connectivity index (χ1v) is 7.24. The number of aryl methyl sites for hydroxylation is 1. The second-order valence-corrected chi connectivity index (χ2v) is 5.34. The molecule has 0 spiro atoms. The quantitative estimate of drug-likeness (QED) is 0.720. The van der Waals surface area contributed by atoms with Crippen molar-refractivity contribution in [3.8, 4) is 17.1 Å². The van der Waals surface area contributed by atoms with Crippen molar-refractivity contribution in [2.24, 2.45) is 0 Å². The molecule has 2 heterocycles. The number of nitrogens with zero attached hydrogens (tertiary/aromatic N) is 5. The monoisotopic (exact) mass is 311 g/mol. The fourth-order valence-corrected chi connectivity index (χ4v) is 2.09. The maximum Gasteiger partial charge on any atom is 0.241 e. The average molecular weight is 311 g/mol. The van der Waals surface area contributed by atoms with Crippen LogP contribution >= 0.6 is 0 Å². The first-order chi connectivity index (χ1) is 11.1. The van der Waals surface area contributed by atoms with E-state index in [9.17, 15) is 0 Å². The zero-order chi connectivity index (χ0) is 16.2. The van der Waals surface area contributed by atoms with Gasteiger partial charge in [-0.15, -0.1) is 15.3 Å². The Labute approximate surface area is 133 Å². The zero-order valence-electron chi connectivity index (χ0n) is 13.2. The van der Waals surface area contributed by atoms with Gasteiger partial charge in [-0.2, -0.15) is 0 Å². The Hall–Kier alpha value is -2.96. The van der Waals surface area contributed by atoms with Crippen molar-refractivity contribution in [2.75, 3.05) is 0 Å². The highest BCUT2D eigenvalue weighted by molar-refractivity contribution is 5.60. The Balaban J connectivity index is 1.83. The third kappa shape index (κ3) is 3.82. The Bertz CT molecular complexity index is 806. The molecule has 7 heteroatoms. The molecule has 7 nitrogen and oxygen atoms in total. The van der Waals surface area contributed by atoms with Crippen LogP contribution in [0.1, 0.15) is 25.3 Å². The lowest BCUT2D eigenvalue weighted by atomic mass is 10.1. The van der Waals surface area contributed by atoms with Gasteiger partial charge in [-0.3, -0.25) is 0 Å². The van der Waals surface area contributed by atoms with Crippen LogP contribution in [0.2, 0.25) is 0 Å². The van der Waals surface area contributed by atoms with Gasteiger partial charge in [-0.25, -0.2) is 9.67 Å². The average Bonchev–Trinajstić information content (AvgIpc) is 3.15. The Morgan fingerprint density at radius 3 is 2.87 bits per heavy atom. The predicted octanol–water partition coefficient (Wildman–Crippen LogP) is 3.05. The molecule has 3 aromatic rings. The molecule has 1 aromatic carbocycles. The van der Waals surface area contributed by atoms with Crippen LogP contribution in [0.15, 0.2) is 35.3 Å². The predicted molar refractivity (Wildman–Crippen MR) is 85.5 cm³/mol. The van der Waals surface area contributed by atoms with E-state index in [2.05, 4.69) is 20.3 Å². The summed E-state index contributed by atoms with van der Waals surface area (Å²) in [5.74, 6) is 1.84. The minimum absolute atomic E-state index is 0.118. The van der Waals surface area contributed by atoms with E-state index < -0.39 is 0 Å². The lowest BCUT2D eigenvalue weighted by molar-refractivity contribution is 0.242. The van der Waals surface area contributed by atoms with Crippen molar-refractivity contribution in [2.45, 2.75) is 26.9 Å². The first kappa shape index (κ1) is 15.0. The molecule has 0 aliphatic carbocycles. The van der Waals surface area contributed by atoms with Gasteiger partial charge in [-0.1, -0.05) is 0 Å². The summed E-state index contributed by atoms with van der Waals surface area (Å²) in [4.78, 5) is 4.33. The topological polar surface area (TPSA) is 78.9 Å². The van der Waals surface area contributed by atoms with Crippen molar-refractivity contribution in [3.05, 3.63) is 42.4 Å². The molecule has 118 valence electrons. The lowest BCUT2D eigenvalue weighted by Crippen LogP contribution is -2.05. The minimum Gasteiger partial charge on any atom is -0.491 e. The maximum absolute atomic E-state index is 5.76. The smallest absolute Gasteiger partial charge is 0.241 e. The van der Waals surface area contributed by atoms with Crippen LogP contribution in [-0.2, 0) is 0 Å². The van der Waals surface area contributed by atoms with Crippen LogP contribution in [-0.4, -0.2) is 31.1 Å². The highest BCUT2D eigenvalue weighted by atomic mass is 16.5. The SMILES string of the molecule is Cc1cc(OC(C)C)cc(-c2ncn(/C=C\c3nnco3)n2)c1. The Morgan fingerprint density at radius 2 is 2.13 bits per heavy atom. The van der Waals surface area contributed by atoms with Crippen LogP contribution in [0.4, 0.5) is 0 Å². The van der Waals surface area contributed by atoms with E-state index in [-0.39, 0.29) is 6.10 Å². The molecule has 0 atom stereocenters. The first-order valence-electron chi connectivity index (χ1n) is 7.24. The number of hydrogen-bond donors (Lipinski definition) is 0. The second-order valence-electron chi connectivity index (χ2n) is 5.34. The molecule has 0 fully saturated rings. The minimum atomic E-state index is 0.118. The van der Waals surface area contributed by atoms with Crippen LogP contribution in [0.5, 0.6) is 5.75 Å². The molecule has 0 bridgehead atoms. The van der Waals surface area contributed by atoms with Crippen molar-refractivity contribution >= 4 is 12.3 Å². The fourth-order valence-electron chi connectivity index (χ4n) is 2.09. The largest absolute Gasteiger partial charge is 0.491 e. The van der Waals surface area contributed by atoms with Gasteiger partial charge in [0.1, 0.15) is 12.1 Å². The van der Waals surface area contributed by atoms with Crippen LogP contribution in [0, 0.1) is 6.92 Å². The van der Waals surface area contributed by atoms with E-state index >= 15 is 0 Å². The number of aromatic nitrogens is 5. The Morgan fingerprint density at radius 1 is 1.26 bits per heavy atom. The van der Waals surface area contributed by atoms with Crippen LogP contribution in [0.25, 0.3) is 23.7 Å². The normalized spacial score (nSPS) is 11.5. The molecule has 3 rings (SSSR count). The molecule has 23 heavy (non-hydrogen) atoms. The molecule has 0 saturated carbocycles. The van der Waals surface area contributed by atoms with Gasteiger partial charge < -0.3 is 9.15 Å². The summed E-state index contributed by atoms with van der Waals surface area (Å²) < 4.78 is 12.4. The van der Waals surface area contributed by atoms with Gasteiger partial charge in [-0.05, 0) is 44.5 Å². The van der Waals surface area contributed by atoms with Gasteiger partial charge in [0.2, 0.25) is 12.3 Å². The third-order valence-corrected chi connectivity index (χ3v) is 2.94. The molecule has 0 aliphatic heterocycles. The van der Waals surface area contributed by atoms with E-state index in [0.29, 0.717) is 11.7 Å². The van der Waals surface area contributed by atoms with Crippen molar-refractivity contribution in [1.29, 1.82) is 0 Å². The fraction of sp³-hybridized carbons (Fsp3) is 0.250. The summed E-state index contributed by atoms with van der Waals surface area (Å²) in [6, 6.07) is 5.96. The van der Waals surface area contributed by atoms with E-state index in [4.69, 9.17) is 9.15 Å². The molecule has 0 aliphatic rings. The standard InChI is InChI=1S/C16H17N5O2/c1-11(2)23-14-7-12(3)6-13(8-14)16-17-9-21(20-16)5-4-15-19-18-10-22-15/h4-11H,1-3H3/b5-4-. The summed E-state index contributed by atoms with van der Waals surface area (Å²) in [6.45, 7) is 6.01. The molecular weight excluding hydrogens is 294 g/mol. The van der Waals surface area contributed by atoms with E-state index in [1.165, 1.54) is 6.39 Å². The summed E-state index contributed by atoms with van der Waals surface area (Å²) in [5, 5.41) is 11.8. The van der Waals surface area contributed by atoms with Crippen LogP contribution in [0.3, 0.4) is 0 Å². The Kier molecular flexibility index (Phi) is 4.18.